The molecule has 0 atom stereocenters. The smallest absolute Gasteiger partial charge is 0.230 e. The number of nitrogens with one attached hydrogen (secondary N) is 1. The number of nitrogens with zero attached hydrogens (tertiary/aromatic N) is 3. The summed E-state index contributed by atoms with van der Waals surface area (Å²) >= 11 is 1.59. The third-order valence-corrected chi connectivity index (χ3v) is 6.73. The molecule has 1 aliphatic rings. The van der Waals surface area contributed by atoms with Gasteiger partial charge in [0.25, 0.3) is 0 Å². The van der Waals surface area contributed by atoms with E-state index in [0.29, 0.717) is 12.5 Å². The van der Waals surface area contributed by atoms with Crippen LogP contribution in [-0.4, -0.2) is 60.5 Å². The fourth-order valence-electron chi connectivity index (χ4n) is 3.85. The van der Waals surface area contributed by atoms with Gasteiger partial charge in [-0.25, -0.2) is 4.98 Å². The van der Waals surface area contributed by atoms with Gasteiger partial charge in [-0.15, -0.1) is 11.3 Å². The van der Waals surface area contributed by atoms with Gasteiger partial charge in [0.15, 0.2) is 0 Å². The van der Waals surface area contributed by atoms with Gasteiger partial charge in [-0.05, 0) is 48.9 Å². The Labute approximate surface area is 206 Å². The molecule has 0 spiro atoms. The molecule has 7 heteroatoms. The molecule has 0 aliphatic carbocycles. The van der Waals surface area contributed by atoms with Crippen LogP contribution in [0.1, 0.15) is 25.1 Å². The number of benzene rings is 2. The summed E-state index contributed by atoms with van der Waals surface area (Å²) < 4.78 is 5.70. The van der Waals surface area contributed by atoms with Crippen LogP contribution >= 0.6 is 11.3 Å². The fraction of sp³-hybridized carbons (Fsp3) is 0.407. The van der Waals surface area contributed by atoms with Gasteiger partial charge < -0.3 is 15.0 Å². The highest BCUT2D eigenvalue weighted by atomic mass is 32.1. The Morgan fingerprint density at radius 1 is 1.12 bits per heavy atom. The molecule has 1 fully saturated rings. The largest absolute Gasteiger partial charge is 0.493 e. The molecular weight excluding hydrogens is 444 g/mol. The number of likely N-dealkylation sites (N-methyl/N-ethyl adjacent to an activating group) is 1. The Morgan fingerprint density at radius 2 is 1.88 bits per heavy atom. The van der Waals surface area contributed by atoms with Crippen LogP contribution in [-0.2, 0) is 17.8 Å². The van der Waals surface area contributed by atoms with E-state index in [9.17, 15) is 4.79 Å². The minimum atomic E-state index is -0.0727. The highest BCUT2D eigenvalue weighted by molar-refractivity contribution is 7.13. The van der Waals surface area contributed by atoms with Crippen molar-refractivity contribution in [2.75, 3.05) is 45.2 Å². The summed E-state index contributed by atoms with van der Waals surface area (Å²) in [7, 11) is 2.18. The van der Waals surface area contributed by atoms with Crippen molar-refractivity contribution in [3.05, 3.63) is 65.2 Å². The number of hydrogen-bond acceptors (Lipinski definition) is 6. The van der Waals surface area contributed by atoms with Crippen LogP contribution in [0.5, 0.6) is 5.75 Å². The summed E-state index contributed by atoms with van der Waals surface area (Å²) in [6, 6.07) is 16.1. The second-order valence-corrected chi connectivity index (χ2v) is 10.2. The van der Waals surface area contributed by atoms with Crippen molar-refractivity contribution in [1.82, 2.24) is 14.8 Å². The van der Waals surface area contributed by atoms with Gasteiger partial charge in [0.05, 0.1) is 18.7 Å². The molecule has 2 aromatic carbocycles. The predicted octanol–water partition coefficient (Wildman–Crippen LogP) is 4.77. The van der Waals surface area contributed by atoms with Crippen molar-refractivity contribution < 1.29 is 9.53 Å². The van der Waals surface area contributed by atoms with Crippen molar-refractivity contribution in [2.24, 2.45) is 5.92 Å². The molecule has 1 aliphatic heterocycles. The quantitative estimate of drug-likeness (QED) is 0.480. The highest BCUT2D eigenvalue weighted by Crippen LogP contribution is 2.26. The molecule has 0 radical (unpaired) electrons. The molecule has 1 aromatic heterocycles. The fourth-order valence-corrected chi connectivity index (χ4v) is 4.67. The van der Waals surface area contributed by atoms with Crippen molar-refractivity contribution >= 4 is 22.9 Å². The van der Waals surface area contributed by atoms with E-state index >= 15 is 0 Å². The highest BCUT2D eigenvalue weighted by Gasteiger charge is 2.15. The minimum Gasteiger partial charge on any atom is -0.493 e. The number of aromatic nitrogens is 1. The number of thiazole rings is 1. The molecule has 34 heavy (non-hydrogen) atoms. The number of carbonyl (C=O) groups is 1. The SMILES string of the molecule is CC(C)COc1ccc(NC(=O)Cc2csc(-c3cccc(CN4CCN(C)CC4)c3)n2)cc1. The van der Waals surface area contributed by atoms with E-state index < -0.39 is 0 Å². The number of amides is 1. The zero-order valence-corrected chi connectivity index (χ0v) is 21.1. The van der Waals surface area contributed by atoms with Gasteiger partial charge in [-0.1, -0.05) is 32.0 Å². The van der Waals surface area contributed by atoms with E-state index in [1.807, 2.05) is 29.6 Å². The van der Waals surface area contributed by atoms with E-state index in [-0.39, 0.29) is 12.3 Å². The Bertz CT molecular complexity index is 1070. The molecule has 3 aromatic rings. The first-order valence-corrected chi connectivity index (χ1v) is 12.8. The Balaban J connectivity index is 1.31. The molecule has 180 valence electrons. The number of hydrogen-bond donors (Lipinski definition) is 1. The minimum absolute atomic E-state index is 0.0727. The topological polar surface area (TPSA) is 57.7 Å². The zero-order chi connectivity index (χ0) is 23.9. The van der Waals surface area contributed by atoms with Gasteiger partial charge in [-0.2, -0.15) is 0 Å². The van der Waals surface area contributed by atoms with E-state index in [1.165, 1.54) is 5.56 Å². The summed E-state index contributed by atoms with van der Waals surface area (Å²) in [5.74, 6) is 1.21. The lowest BCUT2D eigenvalue weighted by atomic mass is 10.1. The maximum absolute atomic E-state index is 12.5. The second-order valence-electron chi connectivity index (χ2n) is 9.38. The Hall–Kier alpha value is -2.74. The lowest BCUT2D eigenvalue weighted by Crippen LogP contribution is -2.43. The van der Waals surface area contributed by atoms with Crippen LogP contribution in [0, 0.1) is 5.92 Å². The second kappa shape index (κ2) is 11.6. The summed E-state index contributed by atoms with van der Waals surface area (Å²) in [6.45, 7) is 10.3. The first kappa shape index (κ1) is 24.4. The third-order valence-electron chi connectivity index (χ3n) is 5.79. The molecule has 1 amide bonds. The first-order valence-electron chi connectivity index (χ1n) is 11.9. The van der Waals surface area contributed by atoms with Crippen LogP contribution in [0.3, 0.4) is 0 Å². The zero-order valence-electron chi connectivity index (χ0n) is 20.3. The van der Waals surface area contributed by atoms with Crippen LogP contribution in [0.15, 0.2) is 53.9 Å². The van der Waals surface area contributed by atoms with Gasteiger partial charge >= 0.3 is 0 Å². The number of anilines is 1. The van der Waals surface area contributed by atoms with Crippen molar-refractivity contribution in [3.8, 4) is 16.3 Å². The Kier molecular flexibility index (Phi) is 8.32. The molecule has 6 nitrogen and oxygen atoms in total. The van der Waals surface area contributed by atoms with E-state index in [0.717, 1.165) is 60.4 Å². The average molecular weight is 479 g/mol. The molecule has 1 saturated heterocycles. The molecule has 0 saturated carbocycles. The number of ether oxygens (including phenoxy) is 1. The molecule has 0 unspecified atom stereocenters. The maximum Gasteiger partial charge on any atom is 0.230 e. The molecular formula is C27H34N4O2S. The van der Waals surface area contributed by atoms with E-state index in [2.05, 4.69) is 60.3 Å². The van der Waals surface area contributed by atoms with Crippen molar-refractivity contribution in [2.45, 2.75) is 26.8 Å². The van der Waals surface area contributed by atoms with E-state index in [4.69, 9.17) is 9.72 Å². The average Bonchev–Trinajstić information content (AvgIpc) is 3.28. The number of piperazine rings is 1. The maximum atomic E-state index is 12.5. The van der Waals surface area contributed by atoms with Crippen LogP contribution in [0.4, 0.5) is 5.69 Å². The van der Waals surface area contributed by atoms with E-state index in [1.54, 1.807) is 11.3 Å². The van der Waals surface area contributed by atoms with Crippen LogP contribution in [0.25, 0.3) is 10.6 Å². The number of carbonyl (C=O) groups excluding carboxylic acids is 1. The van der Waals surface area contributed by atoms with Gasteiger partial charge in [0.2, 0.25) is 5.91 Å². The number of rotatable bonds is 9. The molecule has 2 heterocycles. The van der Waals surface area contributed by atoms with Gasteiger partial charge in [0.1, 0.15) is 10.8 Å². The predicted molar refractivity (Wildman–Crippen MR) is 139 cm³/mol. The lowest BCUT2D eigenvalue weighted by Gasteiger charge is -2.32. The molecule has 0 bridgehead atoms. The molecule has 4 rings (SSSR count). The summed E-state index contributed by atoms with van der Waals surface area (Å²) in [5, 5.41) is 5.88. The van der Waals surface area contributed by atoms with Crippen LogP contribution in [0.2, 0.25) is 0 Å². The van der Waals surface area contributed by atoms with Crippen LogP contribution < -0.4 is 10.1 Å². The lowest BCUT2D eigenvalue weighted by molar-refractivity contribution is -0.115. The van der Waals surface area contributed by atoms with Gasteiger partial charge in [-0.3, -0.25) is 9.69 Å². The summed E-state index contributed by atoms with van der Waals surface area (Å²) in [6.07, 6.45) is 0.253. The summed E-state index contributed by atoms with van der Waals surface area (Å²) in [5.41, 5.74) is 3.96. The summed E-state index contributed by atoms with van der Waals surface area (Å²) in [4.78, 5) is 22.1. The monoisotopic (exact) mass is 478 g/mol. The standard InChI is InChI=1S/C27H34N4O2S/c1-20(2)18-33-25-9-7-23(8-10-25)28-26(32)16-24-19-34-27(29-24)22-6-4-5-21(15-22)17-31-13-11-30(3)12-14-31/h4-10,15,19-20H,11-14,16-18H2,1-3H3,(H,28,32). The normalized spacial score (nSPS) is 14.9. The van der Waals surface area contributed by atoms with Crippen molar-refractivity contribution in [3.63, 3.8) is 0 Å². The Morgan fingerprint density at radius 3 is 2.62 bits per heavy atom. The molecule has 1 N–H and O–H groups in total. The van der Waals surface area contributed by atoms with Gasteiger partial charge in [0, 0.05) is 49.4 Å². The first-order chi connectivity index (χ1) is 16.4. The van der Waals surface area contributed by atoms with Crippen molar-refractivity contribution in [1.29, 1.82) is 0 Å². The third kappa shape index (κ3) is 7.13.